The number of nitrogens with one attached hydrogen (secondary N) is 1. The fraction of sp³-hybridized carbons (Fsp3) is 0.615. The molecular weight excluding hydrogens is 230 g/mol. The van der Waals surface area contributed by atoms with E-state index in [1.165, 1.54) is 23.6 Å². The molecule has 0 aromatic carbocycles. The fourth-order valence-corrected chi connectivity index (χ4v) is 3.58. The quantitative estimate of drug-likeness (QED) is 0.883. The van der Waals surface area contributed by atoms with Gasteiger partial charge in [0.1, 0.15) is 0 Å². The molecule has 0 radical (unpaired) electrons. The van der Waals surface area contributed by atoms with E-state index in [1.807, 2.05) is 18.5 Å². The second-order valence-corrected chi connectivity index (χ2v) is 5.59. The zero-order chi connectivity index (χ0) is 12.1. The molecule has 2 rings (SSSR count). The number of aromatic nitrogens is 1. The van der Waals surface area contributed by atoms with Gasteiger partial charge in [-0.25, -0.2) is 0 Å². The van der Waals surface area contributed by atoms with Crippen LogP contribution < -0.4 is 5.32 Å². The van der Waals surface area contributed by atoms with Crippen molar-refractivity contribution in [2.45, 2.75) is 19.0 Å². The summed E-state index contributed by atoms with van der Waals surface area (Å²) in [6, 6.07) is 5.16. The average Bonchev–Trinajstić information content (AvgIpc) is 2.38. The van der Waals surface area contributed by atoms with Crippen LogP contribution in [0, 0.1) is 0 Å². The summed E-state index contributed by atoms with van der Waals surface area (Å²) in [6.07, 6.45) is 3.83. The van der Waals surface area contributed by atoms with Crippen molar-refractivity contribution >= 4 is 11.8 Å². The molecule has 0 amide bonds. The van der Waals surface area contributed by atoms with Crippen molar-refractivity contribution in [3.8, 4) is 0 Å². The molecule has 2 unspecified atom stereocenters. The van der Waals surface area contributed by atoms with Crippen LogP contribution in [-0.2, 0) is 0 Å². The Morgan fingerprint density at radius 2 is 2.53 bits per heavy atom. The highest BCUT2D eigenvalue weighted by Gasteiger charge is 2.28. The lowest BCUT2D eigenvalue weighted by molar-refractivity contribution is 0.217. The van der Waals surface area contributed by atoms with Crippen LogP contribution in [-0.4, -0.2) is 47.6 Å². The third-order valence-electron chi connectivity index (χ3n) is 3.30. The maximum atomic E-state index is 4.24. The minimum Gasteiger partial charge on any atom is -0.309 e. The molecule has 1 aliphatic heterocycles. The van der Waals surface area contributed by atoms with E-state index in [0.29, 0.717) is 12.1 Å². The summed E-state index contributed by atoms with van der Waals surface area (Å²) in [6.45, 7) is 4.34. The van der Waals surface area contributed by atoms with Crippen LogP contribution >= 0.6 is 11.8 Å². The van der Waals surface area contributed by atoms with Gasteiger partial charge in [0.05, 0.1) is 6.04 Å². The van der Waals surface area contributed by atoms with E-state index in [2.05, 4.69) is 47.0 Å². The number of pyridine rings is 1. The summed E-state index contributed by atoms with van der Waals surface area (Å²) >= 11 is 2.05. The average molecular weight is 251 g/mol. The molecule has 1 aliphatic rings. The van der Waals surface area contributed by atoms with Gasteiger partial charge in [0.15, 0.2) is 0 Å². The minimum absolute atomic E-state index is 0.395. The lowest BCUT2D eigenvalue weighted by atomic mass is 10.0. The highest BCUT2D eigenvalue weighted by atomic mass is 32.2. The van der Waals surface area contributed by atoms with Crippen molar-refractivity contribution < 1.29 is 0 Å². The van der Waals surface area contributed by atoms with Gasteiger partial charge < -0.3 is 5.32 Å². The van der Waals surface area contributed by atoms with Gasteiger partial charge in [0.2, 0.25) is 0 Å². The Balaban J connectivity index is 2.16. The summed E-state index contributed by atoms with van der Waals surface area (Å²) in [4.78, 5) is 6.71. The molecule has 2 atom stereocenters. The number of hydrogen-bond donors (Lipinski definition) is 1. The van der Waals surface area contributed by atoms with Crippen LogP contribution in [0.4, 0.5) is 0 Å². The SMILES string of the molecule is CCNC(c1cccnc1)C1CSCCN1C. The molecule has 1 N–H and O–H groups in total. The monoisotopic (exact) mass is 251 g/mol. The molecule has 4 heteroatoms. The van der Waals surface area contributed by atoms with Crippen molar-refractivity contribution in [2.75, 3.05) is 31.6 Å². The van der Waals surface area contributed by atoms with Crippen molar-refractivity contribution in [2.24, 2.45) is 0 Å². The third kappa shape index (κ3) is 3.21. The molecule has 1 aromatic rings. The lowest BCUT2D eigenvalue weighted by Gasteiger charge is -2.38. The number of nitrogens with zero attached hydrogens (tertiary/aromatic N) is 2. The largest absolute Gasteiger partial charge is 0.309 e. The number of thioether (sulfide) groups is 1. The van der Waals surface area contributed by atoms with Crippen molar-refractivity contribution in [3.63, 3.8) is 0 Å². The first kappa shape index (κ1) is 12.9. The predicted molar refractivity (Wildman–Crippen MR) is 74.4 cm³/mol. The number of rotatable bonds is 4. The molecule has 0 spiro atoms. The smallest absolute Gasteiger partial charge is 0.0501 e. The Morgan fingerprint density at radius 3 is 3.18 bits per heavy atom. The van der Waals surface area contributed by atoms with Gasteiger partial charge in [-0.2, -0.15) is 11.8 Å². The van der Waals surface area contributed by atoms with Gasteiger partial charge in [-0.05, 0) is 25.2 Å². The van der Waals surface area contributed by atoms with E-state index >= 15 is 0 Å². The van der Waals surface area contributed by atoms with E-state index in [0.717, 1.165) is 6.54 Å². The Kier molecular flexibility index (Phi) is 4.83. The highest BCUT2D eigenvalue weighted by Crippen LogP contribution is 2.26. The van der Waals surface area contributed by atoms with Crippen LogP contribution in [0.1, 0.15) is 18.5 Å². The second kappa shape index (κ2) is 6.38. The highest BCUT2D eigenvalue weighted by molar-refractivity contribution is 7.99. The molecule has 3 nitrogen and oxygen atoms in total. The summed E-state index contributed by atoms with van der Waals surface area (Å²) in [5.74, 6) is 2.45. The Bertz CT molecular complexity index is 331. The van der Waals surface area contributed by atoms with Crippen molar-refractivity contribution in [1.82, 2.24) is 15.2 Å². The standard InChI is InChI=1S/C13H21N3S/c1-3-15-13(11-5-4-6-14-9-11)12-10-17-8-7-16(12)2/h4-6,9,12-13,15H,3,7-8,10H2,1-2H3. The van der Waals surface area contributed by atoms with Crippen LogP contribution in [0.5, 0.6) is 0 Å². The number of hydrogen-bond acceptors (Lipinski definition) is 4. The molecule has 0 bridgehead atoms. The first-order valence-corrected chi connectivity index (χ1v) is 7.39. The molecule has 94 valence electrons. The topological polar surface area (TPSA) is 28.2 Å². The minimum atomic E-state index is 0.395. The van der Waals surface area contributed by atoms with Gasteiger partial charge in [-0.3, -0.25) is 9.88 Å². The normalized spacial score (nSPS) is 23.5. The van der Waals surface area contributed by atoms with Crippen LogP contribution in [0.2, 0.25) is 0 Å². The van der Waals surface area contributed by atoms with E-state index < -0.39 is 0 Å². The van der Waals surface area contributed by atoms with Crippen molar-refractivity contribution in [1.29, 1.82) is 0 Å². The van der Waals surface area contributed by atoms with Crippen LogP contribution in [0.15, 0.2) is 24.5 Å². The Hall–Kier alpha value is -0.580. The first-order valence-electron chi connectivity index (χ1n) is 6.24. The Labute approximate surface area is 108 Å². The fourth-order valence-electron chi connectivity index (χ4n) is 2.31. The predicted octanol–water partition coefficient (Wildman–Crippen LogP) is 1.78. The van der Waals surface area contributed by atoms with E-state index in [1.54, 1.807) is 0 Å². The van der Waals surface area contributed by atoms with Crippen LogP contribution in [0.3, 0.4) is 0 Å². The maximum absolute atomic E-state index is 4.24. The molecule has 0 saturated carbocycles. The van der Waals surface area contributed by atoms with Gasteiger partial charge in [-0.1, -0.05) is 13.0 Å². The summed E-state index contributed by atoms with van der Waals surface area (Å²) in [5, 5.41) is 3.60. The van der Waals surface area contributed by atoms with E-state index in [4.69, 9.17) is 0 Å². The van der Waals surface area contributed by atoms with Gasteiger partial charge in [0, 0.05) is 36.5 Å². The molecule has 0 aliphatic carbocycles. The second-order valence-electron chi connectivity index (χ2n) is 4.44. The molecule has 1 fully saturated rings. The van der Waals surface area contributed by atoms with Crippen molar-refractivity contribution in [3.05, 3.63) is 30.1 Å². The van der Waals surface area contributed by atoms with Crippen LogP contribution in [0.25, 0.3) is 0 Å². The first-order chi connectivity index (χ1) is 8.33. The molecule has 1 aromatic heterocycles. The Morgan fingerprint density at radius 1 is 1.65 bits per heavy atom. The number of likely N-dealkylation sites (N-methyl/N-ethyl adjacent to an activating group) is 2. The molecular formula is C13H21N3S. The molecule has 17 heavy (non-hydrogen) atoms. The maximum Gasteiger partial charge on any atom is 0.0501 e. The van der Waals surface area contributed by atoms with Gasteiger partial charge >= 0.3 is 0 Å². The third-order valence-corrected chi connectivity index (χ3v) is 4.34. The van der Waals surface area contributed by atoms with E-state index in [-0.39, 0.29) is 0 Å². The summed E-state index contributed by atoms with van der Waals surface area (Å²) < 4.78 is 0. The summed E-state index contributed by atoms with van der Waals surface area (Å²) in [5.41, 5.74) is 1.30. The van der Waals surface area contributed by atoms with E-state index in [9.17, 15) is 0 Å². The molecule has 2 heterocycles. The van der Waals surface area contributed by atoms with Gasteiger partial charge in [0.25, 0.3) is 0 Å². The summed E-state index contributed by atoms with van der Waals surface area (Å²) in [7, 11) is 2.23. The van der Waals surface area contributed by atoms with Gasteiger partial charge in [-0.15, -0.1) is 0 Å². The zero-order valence-electron chi connectivity index (χ0n) is 10.6. The molecule has 1 saturated heterocycles. The zero-order valence-corrected chi connectivity index (χ0v) is 11.4. The lowest BCUT2D eigenvalue weighted by Crippen LogP contribution is -2.47.